The predicted molar refractivity (Wildman–Crippen MR) is 105 cm³/mol. The van der Waals surface area contributed by atoms with Gasteiger partial charge >= 0.3 is 5.97 Å². The van der Waals surface area contributed by atoms with Crippen molar-refractivity contribution < 1.29 is 28.6 Å². The zero-order chi connectivity index (χ0) is 21.3. The molecule has 1 aliphatic heterocycles. The summed E-state index contributed by atoms with van der Waals surface area (Å²) in [6.45, 7) is 0.732. The lowest BCUT2D eigenvalue weighted by Gasteiger charge is -2.27. The highest BCUT2D eigenvalue weighted by atomic mass is 19.1. The Labute approximate surface area is 170 Å². The van der Waals surface area contributed by atoms with E-state index in [0.29, 0.717) is 24.0 Å². The van der Waals surface area contributed by atoms with E-state index in [-0.39, 0.29) is 40.0 Å². The average molecular weight is 406 g/mol. The third-order valence-corrected chi connectivity index (χ3v) is 4.68. The predicted octanol–water partition coefficient (Wildman–Crippen LogP) is 3.58. The molecule has 0 radical (unpaired) electrons. The monoisotopic (exact) mass is 406 g/mol. The summed E-state index contributed by atoms with van der Waals surface area (Å²) in [6, 6.07) is 13.3. The molecule has 1 saturated heterocycles. The van der Waals surface area contributed by atoms with Crippen molar-refractivity contribution in [3.05, 3.63) is 71.0 Å². The average Bonchev–Trinajstić information content (AvgIpc) is 2.70. The van der Waals surface area contributed by atoms with Gasteiger partial charge in [-0.15, -0.1) is 0 Å². The first kappa shape index (κ1) is 19.4. The number of halogens is 1. The lowest BCUT2D eigenvalue weighted by molar-refractivity contribution is -0.0797. The maximum Gasteiger partial charge on any atom is 0.337 e. The minimum atomic E-state index is -1.30. The van der Waals surface area contributed by atoms with Crippen LogP contribution >= 0.6 is 0 Å². The fourth-order valence-corrected chi connectivity index (χ4v) is 3.06. The number of carboxylic acids is 1. The molecule has 0 aromatic heterocycles. The Kier molecular flexibility index (Phi) is 5.04. The summed E-state index contributed by atoms with van der Waals surface area (Å²) >= 11 is 0. The molecule has 1 fully saturated rings. The molecule has 0 saturated carbocycles. The van der Waals surface area contributed by atoms with Crippen molar-refractivity contribution >= 4 is 28.3 Å². The highest BCUT2D eigenvalue weighted by Gasteiger charge is 2.24. The van der Waals surface area contributed by atoms with Gasteiger partial charge in [-0.2, -0.15) is 5.26 Å². The van der Waals surface area contributed by atoms with Crippen LogP contribution in [-0.2, 0) is 4.74 Å². The minimum Gasteiger partial charge on any atom is -0.484 e. The Morgan fingerprint density at radius 1 is 1.13 bits per heavy atom. The Balaban J connectivity index is 1.67. The molecule has 1 amide bonds. The number of rotatable bonds is 5. The molecule has 2 N–H and O–H groups in total. The summed E-state index contributed by atoms with van der Waals surface area (Å²) < 4.78 is 24.1. The van der Waals surface area contributed by atoms with E-state index in [1.807, 2.05) is 6.07 Å². The van der Waals surface area contributed by atoms with Crippen molar-refractivity contribution in [2.45, 2.75) is 6.10 Å². The van der Waals surface area contributed by atoms with E-state index < -0.39 is 11.9 Å². The summed E-state index contributed by atoms with van der Waals surface area (Å²) in [5, 5.41) is 22.7. The van der Waals surface area contributed by atoms with Crippen LogP contribution in [0.4, 0.5) is 10.1 Å². The first-order valence-corrected chi connectivity index (χ1v) is 9.01. The van der Waals surface area contributed by atoms with Gasteiger partial charge in [0, 0.05) is 11.6 Å². The Bertz CT molecular complexity index is 1210. The number of hydrogen-bond acceptors (Lipinski definition) is 5. The summed E-state index contributed by atoms with van der Waals surface area (Å²) in [5.41, 5.74) is 0.0793. The number of carbonyl (C=O) groups excluding carboxylic acids is 1. The molecule has 0 spiro atoms. The number of carboxylic acid groups (broad SMARTS) is 1. The second-order valence-electron chi connectivity index (χ2n) is 6.75. The number of fused-ring (bicyclic) bond motifs is 1. The van der Waals surface area contributed by atoms with Gasteiger partial charge in [-0.05, 0) is 41.1 Å². The Morgan fingerprint density at radius 3 is 2.53 bits per heavy atom. The third-order valence-electron chi connectivity index (χ3n) is 4.68. The molecule has 3 aromatic carbocycles. The molecular formula is C22H15FN2O5. The highest BCUT2D eigenvalue weighted by Crippen LogP contribution is 2.30. The van der Waals surface area contributed by atoms with Gasteiger partial charge in [-0.3, -0.25) is 4.79 Å². The van der Waals surface area contributed by atoms with E-state index in [2.05, 4.69) is 5.32 Å². The number of nitrogens with zero attached hydrogens (tertiary/aromatic N) is 1. The van der Waals surface area contributed by atoms with E-state index in [9.17, 15) is 24.3 Å². The summed E-state index contributed by atoms with van der Waals surface area (Å²) in [4.78, 5) is 24.4. The molecule has 0 atom stereocenters. The van der Waals surface area contributed by atoms with Crippen molar-refractivity contribution in [3.8, 4) is 11.8 Å². The van der Waals surface area contributed by atoms with Crippen LogP contribution in [-0.4, -0.2) is 36.3 Å². The lowest BCUT2D eigenvalue weighted by Crippen LogP contribution is -2.38. The van der Waals surface area contributed by atoms with Gasteiger partial charge in [0.2, 0.25) is 0 Å². The van der Waals surface area contributed by atoms with Crippen LogP contribution < -0.4 is 10.1 Å². The van der Waals surface area contributed by atoms with E-state index in [1.165, 1.54) is 24.3 Å². The van der Waals surface area contributed by atoms with Gasteiger partial charge in [0.1, 0.15) is 23.7 Å². The molecule has 1 aliphatic rings. The number of anilines is 1. The number of nitriles is 1. The standard InChI is InChI=1S/C22H15FN2O5/c23-16-4-3-12-5-14(2-1-13(12)6-16)21(26)25-19-8-20(30-17-10-29-11-17)15(9-24)7-18(19)22(27)28/h1-8,17H,10-11H2,(H,25,26)(H,27,28). The molecule has 0 aliphatic carbocycles. The first-order valence-electron chi connectivity index (χ1n) is 9.01. The largest absolute Gasteiger partial charge is 0.484 e. The lowest BCUT2D eigenvalue weighted by atomic mass is 10.0. The molecular weight excluding hydrogens is 391 g/mol. The molecule has 150 valence electrons. The van der Waals surface area contributed by atoms with Gasteiger partial charge in [0.05, 0.1) is 30.0 Å². The van der Waals surface area contributed by atoms with Crippen LogP contribution in [0.5, 0.6) is 5.75 Å². The molecule has 7 nitrogen and oxygen atoms in total. The van der Waals surface area contributed by atoms with Gasteiger partial charge in [-0.1, -0.05) is 12.1 Å². The Morgan fingerprint density at radius 2 is 1.87 bits per heavy atom. The molecule has 3 aromatic rings. The van der Waals surface area contributed by atoms with Gasteiger partial charge in [0.25, 0.3) is 5.91 Å². The zero-order valence-electron chi connectivity index (χ0n) is 15.5. The number of nitrogens with one attached hydrogen (secondary N) is 1. The van der Waals surface area contributed by atoms with E-state index >= 15 is 0 Å². The van der Waals surface area contributed by atoms with Crippen LogP contribution in [0, 0.1) is 17.1 Å². The van der Waals surface area contributed by atoms with E-state index in [4.69, 9.17) is 9.47 Å². The van der Waals surface area contributed by atoms with Crippen LogP contribution in [0.15, 0.2) is 48.5 Å². The smallest absolute Gasteiger partial charge is 0.337 e. The normalized spacial score (nSPS) is 13.3. The SMILES string of the molecule is N#Cc1cc(C(=O)O)c(NC(=O)c2ccc3cc(F)ccc3c2)cc1OC1COC1. The maximum absolute atomic E-state index is 13.3. The van der Waals surface area contributed by atoms with Crippen molar-refractivity contribution in [2.75, 3.05) is 18.5 Å². The zero-order valence-corrected chi connectivity index (χ0v) is 15.5. The van der Waals surface area contributed by atoms with Crippen molar-refractivity contribution in [1.29, 1.82) is 5.26 Å². The van der Waals surface area contributed by atoms with Crippen LogP contribution in [0.2, 0.25) is 0 Å². The third kappa shape index (κ3) is 3.79. The molecule has 8 heteroatoms. The topological polar surface area (TPSA) is 109 Å². The molecule has 0 unspecified atom stereocenters. The highest BCUT2D eigenvalue weighted by molar-refractivity contribution is 6.09. The second-order valence-corrected chi connectivity index (χ2v) is 6.75. The quantitative estimate of drug-likeness (QED) is 0.670. The van der Waals surface area contributed by atoms with Gasteiger partial charge in [0.15, 0.2) is 0 Å². The van der Waals surface area contributed by atoms with Crippen molar-refractivity contribution in [2.24, 2.45) is 0 Å². The van der Waals surface area contributed by atoms with Crippen LogP contribution in [0.25, 0.3) is 10.8 Å². The van der Waals surface area contributed by atoms with Gasteiger partial charge < -0.3 is 19.9 Å². The summed E-state index contributed by atoms with van der Waals surface area (Å²) in [5.74, 6) is -2.06. The van der Waals surface area contributed by atoms with Crippen LogP contribution in [0.1, 0.15) is 26.3 Å². The van der Waals surface area contributed by atoms with Gasteiger partial charge in [-0.25, -0.2) is 9.18 Å². The fourth-order valence-electron chi connectivity index (χ4n) is 3.06. The fraction of sp³-hybridized carbons (Fsp3) is 0.136. The maximum atomic E-state index is 13.3. The molecule has 30 heavy (non-hydrogen) atoms. The van der Waals surface area contributed by atoms with Crippen LogP contribution in [0.3, 0.4) is 0 Å². The molecule has 0 bridgehead atoms. The summed E-state index contributed by atoms with van der Waals surface area (Å²) in [6.07, 6.45) is -0.239. The second kappa shape index (κ2) is 7.81. The number of carbonyl (C=O) groups is 2. The molecule has 1 heterocycles. The number of benzene rings is 3. The molecule has 4 rings (SSSR count). The van der Waals surface area contributed by atoms with Crippen molar-refractivity contribution in [3.63, 3.8) is 0 Å². The number of ether oxygens (including phenoxy) is 2. The van der Waals surface area contributed by atoms with Crippen molar-refractivity contribution in [1.82, 2.24) is 0 Å². The number of aromatic carboxylic acids is 1. The van der Waals surface area contributed by atoms with E-state index in [0.717, 1.165) is 6.07 Å². The Hall–Kier alpha value is -3.96. The van der Waals surface area contributed by atoms with E-state index in [1.54, 1.807) is 18.2 Å². The number of hydrogen-bond donors (Lipinski definition) is 2. The minimum absolute atomic E-state index is 0.000875. The summed E-state index contributed by atoms with van der Waals surface area (Å²) in [7, 11) is 0. The number of amides is 1. The first-order chi connectivity index (χ1) is 14.4.